The van der Waals surface area contributed by atoms with E-state index in [1.807, 2.05) is 48.5 Å². The number of hydrogen-bond acceptors (Lipinski definition) is 5. The Kier molecular flexibility index (Phi) is 9.24. The lowest BCUT2D eigenvalue weighted by atomic mass is 9.87. The normalized spacial score (nSPS) is 17.1. The van der Waals surface area contributed by atoms with Gasteiger partial charge in [0.25, 0.3) is 5.91 Å². The fourth-order valence-electron chi connectivity index (χ4n) is 4.51. The van der Waals surface area contributed by atoms with Crippen LogP contribution in [0.15, 0.2) is 54.6 Å². The van der Waals surface area contributed by atoms with E-state index in [-0.39, 0.29) is 17.9 Å². The summed E-state index contributed by atoms with van der Waals surface area (Å²) in [4.78, 5) is 24.9. The van der Waals surface area contributed by atoms with Gasteiger partial charge in [-0.25, -0.2) is 4.79 Å². The van der Waals surface area contributed by atoms with Gasteiger partial charge >= 0.3 is 6.03 Å². The third-order valence-corrected chi connectivity index (χ3v) is 8.36. The number of ether oxygens (including phenoxy) is 2. The number of anilines is 2. The largest absolute Gasteiger partial charge is 0.616 e. The summed E-state index contributed by atoms with van der Waals surface area (Å²) in [6.45, 7) is 6.65. The Bertz CT molecular complexity index is 1320. The highest BCUT2D eigenvalue weighted by molar-refractivity contribution is 7.91. The molecule has 8 nitrogen and oxygen atoms in total. The van der Waals surface area contributed by atoms with Crippen molar-refractivity contribution >= 4 is 45.3 Å². The molecule has 1 aliphatic heterocycles. The average molecular weight is 552 g/mol. The van der Waals surface area contributed by atoms with Crippen LogP contribution in [0.2, 0.25) is 0 Å². The molecule has 4 rings (SSSR count). The van der Waals surface area contributed by atoms with Gasteiger partial charge in [-0.3, -0.25) is 4.79 Å². The summed E-state index contributed by atoms with van der Waals surface area (Å²) in [6.07, 6.45) is 1.87. The van der Waals surface area contributed by atoms with Crippen molar-refractivity contribution in [2.45, 2.75) is 39.0 Å². The first-order valence-corrected chi connectivity index (χ1v) is 14.7. The highest BCUT2D eigenvalue weighted by Gasteiger charge is 2.26. The lowest BCUT2D eigenvalue weighted by molar-refractivity contribution is -0.122. The SMILES string of the molecule is CNC(=O)COc1ccc(C(C)(C)C)cc1NC(=O)Nc1ccc(OCCC2CC[S+]([O-])C2)c2ccccc12. The first-order valence-electron chi connectivity index (χ1n) is 13.2. The van der Waals surface area contributed by atoms with Gasteiger partial charge in [-0.05, 0) is 48.1 Å². The molecule has 0 bridgehead atoms. The first-order chi connectivity index (χ1) is 18.6. The molecule has 3 aromatic carbocycles. The lowest BCUT2D eigenvalue weighted by Gasteiger charge is -2.22. The van der Waals surface area contributed by atoms with E-state index in [1.54, 1.807) is 13.1 Å². The van der Waals surface area contributed by atoms with Gasteiger partial charge in [0.1, 0.15) is 23.0 Å². The molecule has 2 atom stereocenters. The zero-order valence-corrected chi connectivity index (χ0v) is 23.8. The number of hydrogen-bond donors (Lipinski definition) is 3. The summed E-state index contributed by atoms with van der Waals surface area (Å²) >= 11 is -0.686. The minimum Gasteiger partial charge on any atom is -0.616 e. The molecule has 2 unspecified atom stereocenters. The Labute approximate surface area is 233 Å². The minimum atomic E-state index is -0.686. The molecule has 3 aromatic rings. The van der Waals surface area contributed by atoms with Crippen molar-refractivity contribution in [2.24, 2.45) is 5.92 Å². The zero-order valence-electron chi connectivity index (χ0n) is 23.0. The summed E-state index contributed by atoms with van der Waals surface area (Å²) in [6, 6.07) is 16.6. The number of carbonyl (C=O) groups excluding carboxylic acids is 2. The van der Waals surface area contributed by atoms with E-state index in [2.05, 4.69) is 36.7 Å². The number of likely N-dealkylation sites (N-methyl/N-ethyl adjacent to an activating group) is 1. The van der Waals surface area contributed by atoms with Crippen LogP contribution in [0.5, 0.6) is 11.5 Å². The maximum Gasteiger partial charge on any atom is 0.323 e. The van der Waals surface area contributed by atoms with Crippen molar-refractivity contribution < 1.29 is 23.6 Å². The number of benzene rings is 3. The molecule has 0 aliphatic carbocycles. The van der Waals surface area contributed by atoms with Gasteiger partial charge in [0.15, 0.2) is 6.61 Å². The summed E-state index contributed by atoms with van der Waals surface area (Å²) in [5.41, 5.74) is 1.98. The second-order valence-corrected chi connectivity index (χ2v) is 12.4. The zero-order chi connectivity index (χ0) is 28.0. The highest BCUT2D eigenvalue weighted by atomic mass is 32.2. The molecule has 1 fully saturated rings. The Hall–Kier alpha value is -3.43. The molecular weight excluding hydrogens is 514 g/mol. The fraction of sp³-hybridized carbons (Fsp3) is 0.400. The highest BCUT2D eigenvalue weighted by Crippen LogP contribution is 2.34. The third kappa shape index (κ3) is 7.58. The van der Waals surface area contributed by atoms with Crippen LogP contribution in [0.1, 0.15) is 39.2 Å². The monoisotopic (exact) mass is 551 g/mol. The molecule has 1 aliphatic rings. The van der Waals surface area contributed by atoms with Gasteiger partial charge in [-0.2, -0.15) is 0 Å². The van der Waals surface area contributed by atoms with Crippen LogP contribution in [0.3, 0.4) is 0 Å². The van der Waals surface area contributed by atoms with Gasteiger partial charge < -0.3 is 30.0 Å². The van der Waals surface area contributed by atoms with Crippen LogP contribution in [0.4, 0.5) is 16.2 Å². The van der Waals surface area contributed by atoms with Gasteiger partial charge in [0, 0.05) is 23.7 Å². The maximum absolute atomic E-state index is 13.2. The van der Waals surface area contributed by atoms with Gasteiger partial charge in [0.05, 0.1) is 18.0 Å². The first kappa shape index (κ1) is 28.6. The number of fused-ring (bicyclic) bond motifs is 1. The molecule has 1 saturated heterocycles. The smallest absolute Gasteiger partial charge is 0.323 e. The van der Waals surface area contributed by atoms with Gasteiger partial charge in [0.2, 0.25) is 0 Å². The van der Waals surface area contributed by atoms with Crippen LogP contribution in [0.25, 0.3) is 10.8 Å². The van der Waals surface area contributed by atoms with E-state index in [4.69, 9.17) is 9.47 Å². The summed E-state index contributed by atoms with van der Waals surface area (Å²) in [7, 11) is 1.54. The van der Waals surface area contributed by atoms with Crippen molar-refractivity contribution in [3.63, 3.8) is 0 Å². The molecular formula is C30H37N3O5S. The van der Waals surface area contributed by atoms with Crippen LogP contribution in [-0.4, -0.2) is 48.3 Å². The second-order valence-electron chi connectivity index (χ2n) is 10.8. The van der Waals surface area contributed by atoms with E-state index in [0.29, 0.717) is 29.6 Å². The van der Waals surface area contributed by atoms with Crippen molar-refractivity contribution in [2.75, 3.05) is 42.4 Å². The maximum atomic E-state index is 13.2. The van der Waals surface area contributed by atoms with E-state index >= 15 is 0 Å². The Morgan fingerprint density at radius 1 is 0.974 bits per heavy atom. The van der Waals surface area contributed by atoms with Crippen LogP contribution >= 0.6 is 0 Å². The van der Waals surface area contributed by atoms with E-state index in [1.165, 1.54) is 0 Å². The van der Waals surface area contributed by atoms with E-state index in [9.17, 15) is 14.1 Å². The van der Waals surface area contributed by atoms with Crippen LogP contribution in [-0.2, 0) is 21.4 Å². The van der Waals surface area contributed by atoms with Crippen molar-refractivity contribution in [3.05, 3.63) is 60.2 Å². The number of amides is 3. The van der Waals surface area contributed by atoms with Crippen LogP contribution in [0, 0.1) is 5.92 Å². The standard InChI is InChI=1S/C30H37N3O5S/c1-30(2,3)21-9-11-27(38-18-28(34)31-4)25(17-21)33-29(35)32-24-10-12-26(23-8-6-5-7-22(23)24)37-15-13-20-14-16-39(36)19-20/h5-12,17,20H,13-16,18-19H2,1-4H3,(H,31,34)(H2,32,33,35). The van der Waals surface area contributed by atoms with E-state index in [0.717, 1.165) is 46.4 Å². The summed E-state index contributed by atoms with van der Waals surface area (Å²) in [5.74, 6) is 2.89. The average Bonchev–Trinajstić information content (AvgIpc) is 3.33. The molecule has 0 radical (unpaired) electrons. The van der Waals surface area contributed by atoms with Crippen molar-refractivity contribution in [1.29, 1.82) is 0 Å². The number of urea groups is 1. The number of carbonyl (C=O) groups is 2. The second kappa shape index (κ2) is 12.6. The number of nitrogens with one attached hydrogen (secondary N) is 3. The molecule has 3 N–H and O–H groups in total. The molecule has 39 heavy (non-hydrogen) atoms. The van der Waals surface area contributed by atoms with E-state index < -0.39 is 17.2 Å². The summed E-state index contributed by atoms with van der Waals surface area (Å²) in [5, 5.41) is 10.1. The molecule has 0 spiro atoms. The molecule has 208 valence electrons. The van der Waals surface area contributed by atoms with Crippen molar-refractivity contribution in [3.8, 4) is 11.5 Å². The molecule has 0 aromatic heterocycles. The molecule has 0 saturated carbocycles. The molecule has 3 amide bonds. The van der Waals surface area contributed by atoms with Crippen LogP contribution < -0.4 is 25.4 Å². The Morgan fingerprint density at radius 3 is 2.38 bits per heavy atom. The Balaban J connectivity index is 1.49. The Morgan fingerprint density at radius 2 is 1.69 bits per heavy atom. The predicted molar refractivity (Wildman–Crippen MR) is 157 cm³/mol. The van der Waals surface area contributed by atoms with Gasteiger partial charge in [-0.15, -0.1) is 0 Å². The van der Waals surface area contributed by atoms with Gasteiger partial charge in [-0.1, -0.05) is 62.3 Å². The quantitative estimate of drug-likeness (QED) is 0.307. The van der Waals surface area contributed by atoms with Crippen molar-refractivity contribution in [1.82, 2.24) is 5.32 Å². The lowest BCUT2D eigenvalue weighted by Crippen LogP contribution is -2.26. The molecule has 9 heteroatoms. The third-order valence-electron chi connectivity index (χ3n) is 6.82. The summed E-state index contributed by atoms with van der Waals surface area (Å²) < 4.78 is 23.5. The minimum absolute atomic E-state index is 0.146. The topological polar surface area (TPSA) is 112 Å². The molecule has 1 heterocycles. The fourth-order valence-corrected chi connectivity index (χ4v) is 6.13. The predicted octanol–water partition coefficient (Wildman–Crippen LogP) is 5.44. The number of rotatable bonds is 9.